The number of hydrogen-bond donors (Lipinski definition) is 2. The number of nitrogens with one attached hydrogen (secondary N) is 1. The summed E-state index contributed by atoms with van der Waals surface area (Å²) in [6.07, 6.45) is -2.46. The first kappa shape index (κ1) is 37.7. The molecule has 0 aliphatic carbocycles. The number of rotatable bonds is 12. The number of nitrogens with zero attached hydrogens (tertiary/aromatic N) is 3. The Kier molecular flexibility index (Phi) is 10.5. The molecule has 12 heteroatoms. The third kappa shape index (κ3) is 8.12. The summed E-state index contributed by atoms with van der Waals surface area (Å²) in [6.45, 7) is 10.5. The maximum absolute atomic E-state index is 13.1. The Labute approximate surface area is 309 Å². The smallest absolute Gasteiger partial charge is 0.417 e. The third-order valence-electron chi connectivity index (χ3n) is 9.54. The number of aromatic amines is 1. The zero-order chi connectivity index (χ0) is 38.1. The molecule has 6 aromatic rings. The van der Waals surface area contributed by atoms with E-state index in [-0.39, 0.29) is 22.6 Å². The number of aromatic nitrogens is 4. The van der Waals surface area contributed by atoms with E-state index in [2.05, 4.69) is 40.3 Å². The number of hydrogen-bond acceptors (Lipinski definition) is 6. The minimum atomic E-state index is -4.47. The number of pyridine rings is 1. The monoisotopic (exact) mass is 742 g/mol. The first-order chi connectivity index (χ1) is 25.1. The Morgan fingerprint density at radius 1 is 0.962 bits per heavy atom. The van der Waals surface area contributed by atoms with Crippen LogP contribution in [0.25, 0.3) is 33.2 Å². The summed E-state index contributed by atoms with van der Waals surface area (Å²) >= 11 is 1.67. The fourth-order valence-electron chi connectivity index (χ4n) is 6.43. The number of fused-ring (bicyclic) bond motifs is 2. The first-order valence-corrected chi connectivity index (χ1v) is 18.2. The van der Waals surface area contributed by atoms with Crippen molar-refractivity contribution in [1.29, 1.82) is 0 Å². The van der Waals surface area contributed by atoms with Gasteiger partial charge in [-0.05, 0) is 60.9 Å². The molecule has 0 atom stereocenters. The Morgan fingerprint density at radius 2 is 1.68 bits per heavy atom. The summed E-state index contributed by atoms with van der Waals surface area (Å²) in [5.74, 6) is -0.313. The van der Waals surface area contributed by atoms with Gasteiger partial charge in [-0.2, -0.15) is 13.2 Å². The van der Waals surface area contributed by atoms with Crippen molar-refractivity contribution >= 4 is 39.7 Å². The topological polar surface area (TPSA) is 110 Å². The van der Waals surface area contributed by atoms with Crippen LogP contribution in [0.1, 0.15) is 70.0 Å². The molecule has 0 spiro atoms. The molecule has 0 unspecified atom stereocenters. The van der Waals surface area contributed by atoms with Crippen molar-refractivity contribution < 1.29 is 27.8 Å². The summed E-state index contributed by atoms with van der Waals surface area (Å²) in [6, 6.07) is 22.9. The predicted molar refractivity (Wildman–Crippen MR) is 202 cm³/mol. The highest BCUT2D eigenvalue weighted by Gasteiger charge is 2.38. The number of aliphatic carboxylic acids is 1. The number of thioether (sulfide) groups is 1. The van der Waals surface area contributed by atoms with E-state index in [1.54, 1.807) is 17.8 Å². The largest absolute Gasteiger partial charge is 0.487 e. The number of carboxylic acids is 1. The highest BCUT2D eigenvalue weighted by molar-refractivity contribution is 8.00. The van der Waals surface area contributed by atoms with E-state index in [1.165, 1.54) is 6.07 Å². The van der Waals surface area contributed by atoms with E-state index < -0.39 is 23.1 Å². The van der Waals surface area contributed by atoms with Gasteiger partial charge in [0.1, 0.15) is 18.1 Å². The SMILES string of the molecule is CCC(CC)(Cc1c(SC(C)(C)C)c2cc(OCc3nc4ccccc4[nH]c3=O)ccc2n1Cc1ccc(-c2ccc(C(F)(F)F)cn2)cc1)C(=O)O. The first-order valence-electron chi connectivity index (χ1n) is 17.4. The maximum Gasteiger partial charge on any atom is 0.417 e. The van der Waals surface area contributed by atoms with Gasteiger partial charge in [0.2, 0.25) is 0 Å². The second kappa shape index (κ2) is 14.7. The van der Waals surface area contributed by atoms with Crippen molar-refractivity contribution in [2.24, 2.45) is 5.41 Å². The number of carboxylic acid groups (broad SMARTS) is 1. The fourth-order valence-corrected chi connectivity index (χ4v) is 7.62. The standard InChI is InChI=1S/C41H41F3N4O4S/c1-6-40(7-2,38(50)51)21-35-36(53-39(3,4)5)29-20-28(52-24-33-37(49)47-32-11-9-8-10-31(32)46-33)17-19-34(29)48(35)23-25-12-14-26(15-13-25)30-18-16-27(22-45-30)41(42,43)44/h8-20,22H,6-7,21,23-24H2,1-5H3,(H,47,49)(H,50,51). The van der Waals surface area contributed by atoms with Gasteiger partial charge in [0.25, 0.3) is 5.56 Å². The van der Waals surface area contributed by atoms with Crippen LogP contribution in [0, 0.1) is 5.41 Å². The molecule has 0 saturated carbocycles. The lowest BCUT2D eigenvalue weighted by Crippen LogP contribution is -2.33. The van der Waals surface area contributed by atoms with Crippen LogP contribution in [0.2, 0.25) is 0 Å². The molecule has 53 heavy (non-hydrogen) atoms. The highest BCUT2D eigenvalue weighted by Crippen LogP contribution is 2.45. The Morgan fingerprint density at radius 3 is 2.30 bits per heavy atom. The number of alkyl halides is 3. The summed E-state index contributed by atoms with van der Waals surface area (Å²) in [4.78, 5) is 38.0. The quantitative estimate of drug-likeness (QED) is 0.120. The fraction of sp³-hybridized carbons (Fsp3) is 0.317. The normalized spacial score (nSPS) is 12.5. The minimum Gasteiger partial charge on any atom is -0.487 e. The molecule has 2 N–H and O–H groups in total. The van der Waals surface area contributed by atoms with Gasteiger partial charge >= 0.3 is 12.1 Å². The zero-order valence-electron chi connectivity index (χ0n) is 30.2. The molecule has 0 amide bonds. The summed E-state index contributed by atoms with van der Waals surface area (Å²) < 4.78 is 47.4. The van der Waals surface area contributed by atoms with Crippen LogP contribution in [0.15, 0.2) is 94.7 Å². The van der Waals surface area contributed by atoms with Crippen molar-refractivity contribution in [2.75, 3.05) is 0 Å². The van der Waals surface area contributed by atoms with Crippen LogP contribution in [-0.2, 0) is 30.5 Å². The molecule has 0 bridgehead atoms. The lowest BCUT2D eigenvalue weighted by atomic mass is 9.78. The van der Waals surface area contributed by atoms with Crippen molar-refractivity contribution in [2.45, 2.75) is 82.9 Å². The number of carbonyl (C=O) groups is 1. The van der Waals surface area contributed by atoms with Gasteiger partial charge in [-0.3, -0.25) is 14.6 Å². The Hall–Kier alpha value is -5.10. The van der Waals surface area contributed by atoms with Crippen LogP contribution < -0.4 is 10.3 Å². The summed E-state index contributed by atoms with van der Waals surface area (Å²) in [7, 11) is 0. The van der Waals surface area contributed by atoms with Crippen LogP contribution in [-0.4, -0.2) is 35.3 Å². The lowest BCUT2D eigenvalue weighted by Gasteiger charge is -2.29. The van der Waals surface area contributed by atoms with Crippen molar-refractivity contribution in [3.8, 4) is 17.0 Å². The molecule has 3 heterocycles. The second-order valence-corrected chi connectivity index (χ2v) is 16.0. The average molecular weight is 743 g/mol. The second-order valence-electron chi connectivity index (χ2n) is 14.2. The van der Waals surface area contributed by atoms with E-state index in [1.807, 2.05) is 74.5 Å². The van der Waals surface area contributed by atoms with E-state index in [9.17, 15) is 27.9 Å². The van der Waals surface area contributed by atoms with Crippen molar-refractivity contribution in [3.63, 3.8) is 0 Å². The molecule has 6 rings (SSSR count). The van der Waals surface area contributed by atoms with E-state index in [4.69, 9.17) is 4.74 Å². The van der Waals surface area contributed by atoms with Crippen LogP contribution in [0.4, 0.5) is 13.2 Å². The number of ether oxygens (including phenoxy) is 1. The third-order valence-corrected chi connectivity index (χ3v) is 10.8. The van der Waals surface area contributed by atoms with Gasteiger partial charge in [0, 0.05) is 51.0 Å². The summed E-state index contributed by atoms with van der Waals surface area (Å²) in [5, 5.41) is 11.4. The van der Waals surface area contributed by atoms with Gasteiger partial charge in [-0.25, -0.2) is 4.98 Å². The maximum atomic E-state index is 13.1. The highest BCUT2D eigenvalue weighted by atomic mass is 32.2. The molecule has 0 saturated heterocycles. The molecule has 0 radical (unpaired) electrons. The molecule has 276 valence electrons. The number of benzene rings is 3. The predicted octanol–water partition coefficient (Wildman–Crippen LogP) is 9.91. The molecule has 0 aliphatic rings. The van der Waals surface area contributed by atoms with Crippen LogP contribution in [0.3, 0.4) is 0 Å². The van der Waals surface area contributed by atoms with Gasteiger partial charge in [-0.15, -0.1) is 11.8 Å². The molecule has 0 fully saturated rings. The minimum absolute atomic E-state index is 0.0467. The van der Waals surface area contributed by atoms with Gasteiger partial charge in [0.05, 0.1) is 27.7 Å². The van der Waals surface area contributed by atoms with E-state index in [0.717, 1.165) is 39.3 Å². The van der Waals surface area contributed by atoms with Gasteiger partial charge in [-0.1, -0.05) is 71.0 Å². The van der Waals surface area contributed by atoms with Gasteiger partial charge < -0.3 is 19.4 Å². The zero-order valence-corrected chi connectivity index (χ0v) is 31.0. The van der Waals surface area contributed by atoms with E-state index >= 15 is 0 Å². The molecule has 8 nitrogen and oxygen atoms in total. The van der Waals surface area contributed by atoms with Crippen LogP contribution >= 0.6 is 11.8 Å². The van der Waals surface area contributed by atoms with Crippen molar-refractivity contribution in [3.05, 3.63) is 118 Å². The molecule has 0 aliphatic heterocycles. The average Bonchev–Trinajstić information content (AvgIpc) is 3.38. The molecule has 3 aromatic heterocycles. The molecular weight excluding hydrogens is 702 g/mol. The van der Waals surface area contributed by atoms with E-state index in [0.29, 0.717) is 53.8 Å². The van der Waals surface area contributed by atoms with Crippen LogP contribution in [0.5, 0.6) is 5.75 Å². The lowest BCUT2D eigenvalue weighted by molar-refractivity contribution is -0.149. The number of halogens is 3. The molecule has 3 aromatic carbocycles. The molecular formula is C41H41F3N4O4S. The number of H-pyrrole nitrogens is 1. The summed E-state index contributed by atoms with van der Waals surface area (Å²) in [5.41, 5.74) is 3.21. The number of para-hydroxylation sites is 2. The van der Waals surface area contributed by atoms with Gasteiger partial charge in [0.15, 0.2) is 0 Å². The Balaban J connectivity index is 1.41. The Bertz CT molecular complexity index is 2320. The van der Waals surface area contributed by atoms with Crippen molar-refractivity contribution in [1.82, 2.24) is 19.5 Å².